The molecule has 0 heterocycles. The molecule has 2 N–H and O–H groups in total. The normalized spacial score (nSPS) is 14.4. The topological polar surface area (TPSA) is 49.6 Å². The number of benzene rings is 1. The summed E-state index contributed by atoms with van der Waals surface area (Å²) in [5, 5.41) is 0. The van der Waals surface area contributed by atoms with E-state index in [1.807, 2.05) is 19.2 Å². The van der Waals surface area contributed by atoms with Gasteiger partial charge in [0.1, 0.15) is 0 Å². The summed E-state index contributed by atoms with van der Waals surface area (Å²) in [5.74, 6) is 0.804. The first-order valence-electron chi connectivity index (χ1n) is 6.31. The number of nitrogen functional groups attached to an aromatic ring is 1. The van der Waals surface area contributed by atoms with Gasteiger partial charge in [-0.15, -0.1) is 0 Å². The van der Waals surface area contributed by atoms with Crippen molar-refractivity contribution < 1.29 is 4.79 Å². The summed E-state index contributed by atoms with van der Waals surface area (Å²) in [5.41, 5.74) is 8.37. The molecule has 1 aromatic rings. The minimum Gasteiger partial charge on any atom is -0.397 e. The van der Waals surface area contributed by atoms with Crippen molar-refractivity contribution in [3.05, 3.63) is 23.8 Å². The van der Waals surface area contributed by atoms with Crippen LogP contribution in [0.5, 0.6) is 0 Å². The molecule has 1 aliphatic carbocycles. The van der Waals surface area contributed by atoms with Crippen LogP contribution in [0.2, 0.25) is 0 Å². The molecule has 0 unspecified atom stereocenters. The second-order valence-electron chi connectivity index (χ2n) is 5.30. The van der Waals surface area contributed by atoms with E-state index in [4.69, 9.17) is 5.73 Å². The minimum absolute atomic E-state index is 0.0103. The summed E-state index contributed by atoms with van der Waals surface area (Å²) in [6, 6.07) is 5.49. The zero-order chi connectivity index (χ0) is 13.3. The lowest BCUT2D eigenvalue weighted by Crippen LogP contribution is -2.24. The van der Waals surface area contributed by atoms with Gasteiger partial charge in [0.2, 0.25) is 0 Å². The Kier molecular flexibility index (Phi) is 3.45. The molecule has 1 saturated carbocycles. The minimum atomic E-state index is 0.0103. The number of carbonyl (C=O) groups excluding carboxylic acids is 1. The van der Waals surface area contributed by atoms with Crippen molar-refractivity contribution in [2.45, 2.75) is 12.8 Å². The van der Waals surface area contributed by atoms with Gasteiger partial charge in [0.15, 0.2) is 0 Å². The summed E-state index contributed by atoms with van der Waals surface area (Å²) in [7, 11) is 5.55. The van der Waals surface area contributed by atoms with Gasteiger partial charge < -0.3 is 15.5 Å². The third kappa shape index (κ3) is 2.75. The van der Waals surface area contributed by atoms with E-state index in [2.05, 4.69) is 4.90 Å². The molecule has 0 aromatic heterocycles. The molecule has 0 saturated heterocycles. The number of nitrogens with two attached hydrogens (primary N) is 1. The van der Waals surface area contributed by atoms with Gasteiger partial charge >= 0.3 is 0 Å². The van der Waals surface area contributed by atoms with Gasteiger partial charge in [-0.1, -0.05) is 0 Å². The van der Waals surface area contributed by atoms with Crippen molar-refractivity contribution in [1.82, 2.24) is 4.90 Å². The summed E-state index contributed by atoms with van der Waals surface area (Å²) in [4.78, 5) is 15.7. The molecule has 4 heteroatoms. The first-order valence-corrected chi connectivity index (χ1v) is 6.31. The highest BCUT2D eigenvalue weighted by molar-refractivity contribution is 5.96. The fourth-order valence-electron chi connectivity index (χ4n) is 2.05. The molecule has 1 fully saturated rings. The van der Waals surface area contributed by atoms with Crippen LogP contribution in [0.1, 0.15) is 23.2 Å². The Morgan fingerprint density at radius 3 is 2.56 bits per heavy atom. The van der Waals surface area contributed by atoms with Crippen molar-refractivity contribution in [2.24, 2.45) is 5.92 Å². The van der Waals surface area contributed by atoms with Crippen LogP contribution >= 0.6 is 0 Å². The van der Waals surface area contributed by atoms with E-state index in [9.17, 15) is 4.79 Å². The Balaban J connectivity index is 2.22. The SMILES string of the molecule is CN(C)C(=O)c1ccc(N)c(N(C)CC2CC2)c1. The van der Waals surface area contributed by atoms with Crippen LogP contribution in [0, 0.1) is 5.92 Å². The Morgan fingerprint density at radius 2 is 2.00 bits per heavy atom. The van der Waals surface area contributed by atoms with Crippen molar-refractivity contribution in [2.75, 3.05) is 38.3 Å². The number of hydrogen-bond donors (Lipinski definition) is 1. The molecule has 1 aliphatic rings. The maximum atomic E-state index is 11.9. The highest BCUT2D eigenvalue weighted by Gasteiger charge is 2.24. The number of hydrogen-bond acceptors (Lipinski definition) is 3. The molecule has 0 bridgehead atoms. The number of anilines is 2. The Morgan fingerprint density at radius 1 is 1.33 bits per heavy atom. The highest BCUT2D eigenvalue weighted by Crippen LogP contribution is 2.32. The maximum Gasteiger partial charge on any atom is 0.253 e. The van der Waals surface area contributed by atoms with E-state index < -0.39 is 0 Å². The molecule has 98 valence electrons. The molecule has 2 rings (SSSR count). The Bertz CT molecular complexity index is 452. The lowest BCUT2D eigenvalue weighted by atomic mass is 10.1. The number of amides is 1. The standard InChI is InChI=1S/C14H21N3O/c1-16(2)14(18)11-6-7-12(15)13(8-11)17(3)9-10-4-5-10/h6-8,10H,4-5,9,15H2,1-3H3. The molecular weight excluding hydrogens is 226 g/mol. The first-order chi connectivity index (χ1) is 8.49. The summed E-state index contributed by atoms with van der Waals surface area (Å²) < 4.78 is 0. The second-order valence-corrected chi connectivity index (χ2v) is 5.30. The van der Waals surface area contributed by atoms with Crippen LogP contribution in [0.3, 0.4) is 0 Å². The molecule has 4 nitrogen and oxygen atoms in total. The molecule has 0 atom stereocenters. The van der Waals surface area contributed by atoms with Gasteiger partial charge in [-0.05, 0) is 37.0 Å². The lowest BCUT2D eigenvalue weighted by Gasteiger charge is -2.22. The first kappa shape index (κ1) is 12.7. The van der Waals surface area contributed by atoms with Gasteiger partial charge in [-0.25, -0.2) is 0 Å². The summed E-state index contributed by atoms with van der Waals surface area (Å²) in [6.07, 6.45) is 2.61. The molecule has 18 heavy (non-hydrogen) atoms. The highest BCUT2D eigenvalue weighted by atomic mass is 16.2. The second kappa shape index (κ2) is 4.88. The Hall–Kier alpha value is -1.71. The van der Waals surface area contributed by atoms with Crippen molar-refractivity contribution in [3.63, 3.8) is 0 Å². The molecule has 1 aromatic carbocycles. The van der Waals surface area contributed by atoms with E-state index in [0.29, 0.717) is 5.56 Å². The van der Waals surface area contributed by atoms with Crippen molar-refractivity contribution >= 4 is 17.3 Å². The van der Waals surface area contributed by atoms with Crippen molar-refractivity contribution in [3.8, 4) is 0 Å². The fourth-order valence-corrected chi connectivity index (χ4v) is 2.05. The largest absolute Gasteiger partial charge is 0.397 e. The smallest absolute Gasteiger partial charge is 0.253 e. The number of carbonyl (C=O) groups is 1. The van der Waals surface area contributed by atoms with Crippen LogP contribution in [-0.2, 0) is 0 Å². The maximum absolute atomic E-state index is 11.9. The van der Waals surface area contributed by atoms with Gasteiger partial charge in [-0.3, -0.25) is 4.79 Å². The quantitative estimate of drug-likeness (QED) is 0.826. The predicted octanol–water partition coefficient (Wildman–Crippen LogP) is 1.82. The number of rotatable bonds is 4. The van der Waals surface area contributed by atoms with E-state index in [1.54, 1.807) is 25.1 Å². The third-order valence-electron chi connectivity index (χ3n) is 3.32. The zero-order valence-corrected chi connectivity index (χ0v) is 11.3. The van der Waals surface area contributed by atoms with Crippen LogP contribution in [0.4, 0.5) is 11.4 Å². The van der Waals surface area contributed by atoms with Crippen molar-refractivity contribution in [1.29, 1.82) is 0 Å². The molecule has 1 amide bonds. The third-order valence-corrected chi connectivity index (χ3v) is 3.32. The van der Waals surface area contributed by atoms with Gasteiger partial charge in [-0.2, -0.15) is 0 Å². The molecule has 0 radical (unpaired) electrons. The zero-order valence-electron chi connectivity index (χ0n) is 11.3. The van der Waals surface area contributed by atoms with E-state index in [0.717, 1.165) is 23.8 Å². The van der Waals surface area contributed by atoms with Gasteiger partial charge in [0, 0.05) is 33.3 Å². The monoisotopic (exact) mass is 247 g/mol. The lowest BCUT2D eigenvalue weighted by molar-refractivity contribution is 0.0827. The van der Waals surface area contributed by atoms with Crippen LogP contribution in [-0.4, -0.2) is 38.5 Å². The summed E-state index contributed by atoms with van der Waals surface area (Å²) >= 11 is 0. The predicted molar refractivity (Wildman–Crippen MR) is 74.9 cm³/mol. The molecule has 0 aliphatic heterocycles. The van der Waals surface area contributed by atoms with E-state index in [-0.39, 0.29) is 5.91 Å². The van der Waals surface area contributed by atoms with Gasteiger partial charge in [0.25, 0.3) is 5.91 Å². The van der Waals surface area contributed by atoms with Gasteiger partial charge in [0.05, 0.1) is 11.4 Å². The average Bonchev–Trinajstić information content (AvgIpc) is 3.12. The van der Waals surface area contributed by atoms with Crippen LogP contribution < -0.4 is 10.6 Å². The Labute approximate surface area is 108 Å². The fraction of sp³-hybridized carbons (Fsp3) is 0.500. The van der Waals surface area contributed by atoms with Crippen LogP contribution in [0.25, 0.3) is 0 Å². The van der Waals surface area contributed by atoms with Crippen LogP contribution in [0.15, 0.2) is 18.2 Å². The molecule has 0 spiro atoms. The van der Waals surface area contributed by atoms with E-state index in [1.165, 1.54) is 12.8 Å². The average molecular weight is 247 g/mol. The van der Waals surface area contributed by atoms with E-state index >= 15 is 0 Å². The molecular formula is C14H21N3O. The summed E-state index contributed by atoms with van der Waals surface area (Å²) in [6.45, 7) is 1.02. The number of nitrogens with zero attached hydrogens (tertiary/aromatic N) is 2.